The van der Waals surface area contributed by atoms with Gasteiger partial charge >= 0.3 is 12.2 Å². The van der Waals surface area contributed by atoms with Crippen LogP contribution in [-0.4, -0.2) is 35.6 Å². The molecule has 8 nitrogen and oxygen atoms in total. The fourth-order valence-electron chi connectivity index (χ4n) is 6.80. The fraction of sp³-hybridized carbons (Fsp3) is 0.469. The van der Waals surface area contributed by atoms with Crippen LogP contribution in [-0.2, 0) is 50.4 Å². The van der Waals surface area contributed by atoms with Crippen LogP contribution in [0.4, 0.5) is 21.0 Å². The zero-order chi connectivity index (χ0) is 42.3. The molecule has 4 rings (SSSR count). The molecule has 0 saturated heterocycles. The third kappa shape index (κ3) is 13.0. The molecule has 0 fully saturated rings. The molecule has 0 aromatic heterocycles. The molecule has 0 unspecified atom stereocenters. The molecule has 0 aliphatic rings. The number of amides is 2. The van der Waals surface area contributed by atoms with Gasteiger partial charge in [0, 0.05) is 11.4 Å². The number of nitrogens with one attached hydrogen (secondary N) is 2. The van der Waals surface area contributed by atoms with Gasteiger partial charge in [0.15, 0.2) is 0 Å². The van der Waals surface area contributed by atoms with Crippen LogP contribution in [0.15, 0.2) is 72.8 Å². The van der Waals surface area contributed by atoms with E-state index in [1.165, 1.54) is 0 Å². The van der Waals surface area contributed by atoms with E-state index in [1.807, 2.05) is 48.5 Å². The molecule has 4 N–H and O–H groups in total. The Bertz CT molecular complexity index is 1770. The fourth-order valence-corrected chi connectivity index (χ4v) is 6.80. The number of anilines is 2. The summed E-state index contributed by atoms with van der Waals surface area (Å²) in [5.74, 6) is 0.732. The zero-order valence-corrected chi connectivity index (χ0v) is 36.4. The first-order valence-electron chi connectivity index (χ1n) is 20.2. The third-order valence-electron chi connectivity index (χ3n) is 10.1. The molecule has 4 aromatic rings. The smallest absolute Gasteiger partial charge is 0.411 e. The lowest BCUT2D eigenvalue weighted by Crippen LogP contribution is -2.18. The Morgan fingerprint density at radius 1 is 0.474 bits per heavy atom. The molecule has 0 spiro atoms. The molecule has 0 aliphatic heterocycles. The van der Waals surface area contributed by atoms with Gasteiger partial charge in [-0.15, -0.1) is 0 Å². The minimum absolute atomic E-state index is 0.195. The summed E-state index contributed by atoms with van der Waals surface area (Å²) in [5.41, 5.74) is 8.62. The van der Waals surface area contributed by atoms with E-state index in [4.69, 9.17) is 9.47 Å². The molecule has 0 saturated carbocycles. The first-order chi connectivity index (χ1) is 26.4. The van der Waals surface area contributed by atoms with Crippen LogP contribution in [0.1, 0.15) is 140 Å². The predicted molar refractivity (Wildman–Crippen MR) is 233 cm³/mol. The van der Waals surface area contributed by atoms with Crippen molar-refractivity contribution in [2.75, 3.05) is 23.8 Å². The third-order valence-corrected chi connectivity index (χ3v) is 10.1. The number of aromatic hydroxyl groups is 2. The van der Waals surface area contributed by atoms with E-state index < -0.39 is 12.2 Å². The summed E-state index contributed by atoms with van der Waals surface area (Å²) in [6, 6.07) is 23.6. The zero-order valence-electron chi connectivity index (χ0n) is 36.4. The van der Waals surface area contributed by atoms with Gasteiger partial charge in [-0.25, -0.2) is 9.59 Å². The van der Waals surface area contributed by atoms with E-state index in [1.54, 1.807) is 0 Å². The molecule has 0 aliphatic carbocycles. The number of rotatable bonds is 12. The average Bonchev–Trinajstić information content (AvgIpc) is 3.09. The van der Waals surface area contributed by atoms with E-state index >= 15 is 0 Å². The largest absolute Gasteiger partial charge is 0.507 e. The maximum atomic E-state index is 12.5. The molecule has 2 amide bonds. The van der Waals surface area contributed by atoms with Crippen LogP contribution in [0.25, 0.3) is 0 Å². The van der Waals surface area contributed by atoms with Crippen molar-refractivity contribution in [1.29, 1.82) is 0 Å². The van der Waals surface area contributed by atoms with Crippen LogP contribution < -0.4 is 10.6 Å². The molecule has 308 valence electrons. The second-order valence-corrected chi connectivity index (χ2v) is 19.4. The first-order valence-corrected chi connectivity index (χ1v) is 20.2. The van der Waals surface area contributed by atoms with Gasteiger partial charge in [-0.05, 0) is 123 Å². The van der Waals surface area contributed by atoms with Gasteiger partial charge in [0.1, 0.15) is 11.5 Å². The highest BCUT2D eigenvalue weighted by molar-refractivity contribution is 5.85. The topological polar surface area (TPSA) is 117 Å². The number of carbonyl (C=O) groups is 2. The Labute approximate surface area is 341 Å². The minimum atomic E-state index is -0.498. The van der Waals surface area contributed by atoms with Gasteiger partial charge in [0.05, 0.1) is 13.2 Å². The van der Waals surface area contributed by atoms with Gasteiger partial charge < -0.3 is 19.7 Å². The Kier molecular flexibility index (Phi) is 14.2. The van der Waals surface area contributed by atoms with Crippen LogP contribution in [0, 0.1) is 0 Å². The summed E-state index contributed by atoms with van der Waals surface area (Å²) >= 11 is 0. The number of hydrogen-bond donors (Lipinski definition) is 4. The standard InChI is InChI=1S/C49H66N2O6/c1-46(2,3)38-28-34(29-39(42(38)52)47(4,5)6)15-13-25-56-44(54)50-36-21-17-32(18-22-36)27-33-19-23-37(24-20-33)51-45(55)57-26-14-16-35-30-40(48(7,8)9)43(53)41(31-35)49(10,11)12/h17-24,28-31,52-53H,13-16,25-27H2,1-12H3,(H,50,54)(H,51,55). The van der Waals surface area contributed by atoms with Crippen molar-refractivity contribution in [3.8, 4) is 11.5 Å². The highest BCUT2D eigenvalue weighted by Gasteiger charge is 2.28. The quantitative estimate of drug-likeness (QED) is 0.106. The molecule has 8 heteroatoms. The second-order valence-electron chi connectivity index (χ2n) is 19.4. The maximum absolute atomic E-state index is 12.5. The molecule has 0 atom stereocenters. The van der Waals surface area contributed by atoms with Gasteiger partial charge in [-0.3, -0.25) is 10.6 Å². The molecule has 4 aromatic carbocycles. The highest BCUT2D eigenvalue weighted by Crippen LogP contribution is 2.41. The van der Waals surface area contributed by atoms with Crippen molar-refractivity contribution >= 4 is 23.6 Å². The van der Waals surface area contributed by atoms with Gasteiger partial charge in [0.25, 0.3) is 0 Å². The second kappa shape index (κ2) is 18.1. The van der Waals surface area contributed by atoms with Crippen LogP contribution >= 0.6 is 0 Å². The average molecular weight is 779 g/mol. The molecule has 0 bridgehead atoms. The van der Waals surface area contributed by atoms with E-state index in [-0.39, 0.29) is 34.9 Å². The predicted octanol–water partition coefficient (Wildman–Crippen LogP) is 12.2. The Morgan fingerprint density at radius 2 is 0.754 bits per heavy atom. The lowest BCUT2D eigenvalue weighted by molar-refractivity contribution is 0.159. The molecule has 0 radical (unpaired) electrons. The van der Waals surface area contributed by atoms with Gasteiger partial charge in [0.2, 0.25) is 0 Å². The number of hydrogen-bond acceptors (Lipinski definition) is 6. The summed E-state index contributed by atoms with van der Waals surface area (Å²) in [6.07, 6.45) is 2.49. The Balaban J connectivity index is 1.19. The van der Waals surface area contributed by atoms with E-state index in [0.29, 0.717) is 42.1 Å². The Morgan fingerprint density at radius 3 is 1.02 bits per heavy atom. The minimum Gasteiger partial charge on any atom is -0.507 e. The highest BCUT2D eigenvalue weighted by atomic mass is 16.6. The van der Waals surface area contributed by atoms with Crippen molar-refractivity contribution in [3.05, 3.63) is 117 Å². The van der Waals surface area contributed by atoms with E-state index in [0.717, 1.165) is 57.3 Å². The van der Waals surface area contributed by atoms with Crippen molar-refractivity contribution in [2.45, 2.75) is 137 Å². The van der Waals surface area contributed by atoms with Gasteiger partial charge in [-0.2, -0.15) is 0 Å². The van der Waals surface area contributed by atoms with Crippen LogP contribution in [0.2, 0.25) is 0 Å². The summed E-state index contributed by atoms with van der Waals surface area (Å²) in [4.78, 5) is 25.1. The van der Waals surface area contributed by atoms with Crippen molar-refractivity contribution in [2.24, 2.45) is 0 Å². The van der Waals surface area contributed by atoms with Crippen LogP contribution in [0.5, 0.6) is 11.5 Å². The van der Waals surface area contributed by atoms with Crippen molar-refractivity contribution < 1.29 is 29.3 Å². The summed E-state index contributed by atoms with van der Waals surface area (Å²) in [6.45, 7) is 25.8. The molecule has 57 heavy (non-hydrogen) atoms. The molecular formula is C49H66N2O6. The summed E-state index contributed by atoms with van der Waals surface area (Å²) < 4.78 is 11.0. The summed E-state index contributed by atoms with van der Waals surface area (Å²) in [5, 5.41) is 27.6. The lowest BCUT2D eigenvalue weighted by atomic mass is 9.78. The normalized spacial score (nSPS) is 12.3. The number of benzene rings is 4. The van der Waals surface area contributed by atoms with Crippen molar-refractivity contribution in [3.63, 3.8) is 0 Å². The number of carbonyl (C=O) groups excluding carboxylic acids is 2. The van der Waals surface area contributed by atoms with Gasteiger partial charge in [-0.1, -0.05) is 132 Å². The number of ether oxygens (including phenoxy) is 2. The number of phenols is 2. The maximum Gasteiger partial charge on any atom is 0.411 e. The van der Waals surface area contributed by atoms with Crippen molar-refractivity contribution in [1.82, 2.24) is 0 Å². The lowest BCUT2D eigenvalue weighted by Gasteiger charge is -2.28. The van der Waals surface area contributed by atoms with Crippen LogP contribution in [0.3, 0.4) is 0 Å². The molecule has 0 heterocycles. The molecular weight excluding hydrogens is 713 g/mol. The van der Waals surface area contributed by atoms with E-state index in [9.17, 15) is 19.8 Å². The first kappa shape index (κ1) is 44.7. The number of aryl methyl sites for hydroxylation is 2. The number of phenolic OH excluding ortho intramolecular Hbond substituents is 2. The Hall–Kier alpha value is -4.98. The van der Waals surface area contributed by atoms with E-state index in [2.05, 4.69) is 118 Å². The summed E-state index contributed by atoms with van der Waals surface area (Å²) in [7, 11) is 0. The monoisotopic (exact) mass is 778 g/mol. The SMILES string of the molecule is CC(C)(C)c1cc(CCCOC(=O)Nc2ccc(Cc3ccc(NC(=O)OCCCc4cc(C(C)(C)C)c(O)c(C(C)(C)C)c4)cc3)cc2)cc(C(C)(C)C)c1O.